The highest BCUT2D eigenvalue weighted by Gasteiger charge is 2.75. The maximum atomic E-state index is 9.86. The number of anilines is 1. The first kappa shape index (κ1) is 20.0. The molecule has 1 unspecified atom stereocenters. The van der Waals surface area contributed by atoms with Gasteiger partial charge in [0.2, 0.25) is 0 Å². The van der Waals surface area contributed by atoms with Crippen LogP contribution in [0.3, 0.4) is 0 Å². The molecule has 1 saturated heterocycles. The summed E-state index contributed by atoms with van der Waals surface area (Å²) in [5, 5.41) is 32.1. The molecule has 6 rings (SSSR count). The van der Waals surface area contributed by atoms with Crippen molar-refractivity contribution >= 4 is 16.7 Å². The van der Waals surface area contributed by atoms with Gasteiger partial charge in [0.25, 0.3) is 0 Å². The average molecular weight is 417 g/mol. The zero-order chi connectivity index (χ0) is 21.6. The fourth-order valence-corrected chi connectivity index (χ4v) is 4.90. The van der Waals surface area contributed by atoms with Gasteiger partial charge in [-0.3, -0.25) is 0 Å². The molecule has 7 heteroatoms. The minimum atomic E-state index is -0.284. The zero-order valence-electron chi connectivity index (χ0n) is 18.1. The molecule has 1 atom stereocenters. The summed E-state index contributed by atoms with van der Waals surface area (Å²) in [5.41, 5.74) is 3.07. The van der Waals surface area contributed by atoms with Gasteiger partial charge in [-0.25, -0.2) is 4.68 Å². The molecule has 1 spiro atoms. The van der Waals surface area contributed by atoms with Crippen molar-refractivity contribution in [1.82, 2.24) is 20.0 Å². The van der Waals surface area contributed by atoms with Crippen molar-refractivity contribution in [1.29, 1.82) is 5.26 Å². The predicted octanol–water partition coefficient (Wildman–Crippen LogP) is 3.75. The summed E-state index contributed by atoms with van der Waals surface area (Å²) in [5.74, 6) is 0.914. The van der Waals surface area contributed by atoms with E-state index in [1.807, 2.05) is 10.9 Å². The molecule has 1 aromatic carbocycles. The molecule has 160 valence electrons. The van der Waals surface area contributed by atoms with Gasteiger partial charge < -0.3 is 10.0 Å². The van der Waals surface area contributed by atoms with E-state index in [0.29, 0.717) is 0 Å². The summed E-state index contributed by atoms with van der Waals surface area (Å²) in [6.07, 6.45) is 9.27. The fourth-order valence-electron chi connectivity index (χ4n) is 4.90. The van der Waals surface area contributed by atoms with Crippen molar-refractivity contribution in [3.8, 4) is 11.8 Å². The molecule has 3 heterocycles. The molecule has 3 fully saturated rings. The minimum Gasteiger partial charge on any atom is -0.394 e. The molecule has 0 bridgehead atoms. The van der Waals surface area contributed by atoms with E-state index in [1.54, 1.807) is 20.0 Å². The second kappa shape index (κ2) is 7.31. The maximum Gasteiger partial charge on any atom is 0.153 e. The van der Waals surface area contributed by atoms with Gasteiger partial charge in [-0.1, -0.05) is 12.1 Å². The molecular formula is C24H28N6O. The van der Waals surface area contributed by atoms with Gasteiger partial charge in [-0.05, 0) is 63.0 Å². The van der Waals surface area contributed by atoms with Gasteiger partial charge in [0.1, 0.15) is 0 Å². The standard InChI is InChI=1S/C21H20N6.C3H8O/c22-14-21(13-20(21)5-6-20)16-4-3-15-11-24-27(18(15)9-16)17-10-19(25-23-12-17)26-7-1-2-8-26;1-3(2)4/h3-4,9-12H,1-2,5-8,13H2;3-4H,1-2H3. The molecule has 3 aliphatic rings. The van der Waals surface area contributed by atoms with Crippen LogP contribution in [0.25, 0.3) is 16.6 Å². The molecule has 2 saturated carbocycles. The number of benzene rings is 1. The van der Waals surface area contributed by atoms with Gasteiger partial charge in [0.15, 0.2) is 5.82 Å². The van der Waals surface area contributed by atoms with Gasteiger partial charge in [-0.15, -0.1) is 5.10 Å². The number of aromatic nitrogens is 4. The smallest absolute Gasteiger partial charge is 0.153 e. The first-order chi connectivity index (χ1) is 15.0. The molecule has 2 aliphatic carbocycles. The normalized spacial score (nSPS) is 23.0. The van der Waals surface area contributed by atoms with Gasteiger partial charge >= 0.3 is 0 Å². The first-order valence-corrected chi connectivity index (χ1v) is 11.1. The molecule has 3 aromatic rings. The highest BCUT2D eigenvalue weighted by atomic mass is 16.3. The molecular weight excluding hydrogens is 388 g/mol. The maximum absolute atomic E-state index is 9.86. The lowest BCUT2D eigenvalue weighted by molar-refractivity contribution is 0.216. The Balaban J connectivity index is 0.000000473. The van der Waals surface area contributed by atoms with E-state index < -0.39 is 0 Å². The van der Waals surface area contributed by atoms with E-state index in [2.05, 4.69) is 50.5 Å². The van der Waals surface area contributed by atoms with Crippen LogP contribution >= 0.6 is 0 Å². The Kier molecular flexibility index (Phi) is 4.71. The Labute approximate surface area is 182 Å². The van der Waals surface area contributed by atoms with E-state index >= 15 is 0 Å². The zero-order valence-corrected chi connectivity index (χ0v) is 18.1. The second-order valence-electron chi connectivity index (χ2n) is 9.36. The Bertz CT molecular complexity index is 1150. The van der Waals surface area contributed by atoms with Crippen LogP contribution in [0.1, 0.15) is 51.5 Å². The number of hydrogen-bond acceptors (Lipinski definition) is 6. The first-order valence-electron chi connectivity index (χ1n) is 11.1. The highest BCUT2D eigenvalue weighted by molar-refractivity contribution is 5.82. The monoisotopic (exact) mass is 416 g/mol. The van der Waals surface area contributed by atoms with Crippen LogP contribution in [-0.4, -0.2) is 44.3 Å². The van der Waals surface area contributed by atoms with Gasteiger partial charge in [0, 0.05) is 30.6 Å². The lowest BCUT2D eigenvalue weighted by Crippen LogP contribution is -2.19. The third-order valence-corrected chi connectivity index (χ3v) is 6.79. The highest BCUT2D eigenvalue weighted by Crippen LogP contribution is 2.78. The summed E-state index contributed by atoms with van der Waals surface area (Å²) in [7, 11) is 0. The molecule has 0 amide bonds. The number of nitrogens with zero attached hydrogens (tertiary/aromatic N) is 6. The average Bonchev–Trinajstić information content (AvgIpc) is 3.49. The molecule has 7 nitrogen and oxygen atoms in total. The van der Waals surface area contributed by atoms with E-state index in [1.165, 1.54) is 25.7 Å². The van der Waals surface area contributed by atoms with Crippen molar-refractivity contribution in [2.75, 3.05) is 18.0 Å². The van der Waals surface area contributed by atoms with E-state index in [9.17, 15) is 5.26 Å². The Morgan fingerprint density at radius 2 is 1.87 bits per heavy atom. The summed E-state index contributed by atoms with van der Waals surface area (Å²) >= 11 is 0. The number of aliphatic hydroxyl groups is 1. The Hall–Kier alpha value is -2.98. The molecule has 1 N–H and O–H groups in total. The number of hydrogen-bond donors (Lipinski definition) is 1. The summed E-state index contributed by atoms with van der Waals surface area (Å²) in [6, 6.07) is 11.1. The van der Waals surface area contributed by atoms with E-state index in [-0.39, 0.29) is 16.9 Å². The van der Waals surface area contributed by atoms with Gasteiger partial charge in [-0.2, -0.15) is 15.5 Å². The largest absolute Gasteiger partial charge is 0.394 e. The predicted molar refractivity (Wildman–Crippen MR) is 119 cm³/mol. The fraction of sp³-hybridized carbons (Fsp3) is 0.500. The third kappa shape index (κ3) is 3.35. The minimum absolute atomic E-state index is 0.167. The number of nitriles is 1. The SMILES string of the molecule is CC(C)O.N#CC1(c2ccc3cnn(-c4cnnc(N5CCCC5)c4)c3c2)CC12CC2. The molecule has 31 heavy (non-hydrogen) atoms. The van der Waals surface area contributed by atoms with Crippen molar-refractivity contribution in [3.05, 3.63) is 42.2 Å². The quantitative estimate of drug-likeness (QED) is 0.699. The second-order valence-corrected chi connectivity index (χ2v) is 9.36. The van der Waals surface area contributed by atoms with Crippen LogP contribution in [0.5, 0.6) is 0 Å². The van der Waals surface area contributed by atoms with Crippen LogP contribution in [-0.2, 0) is 5.41 Å². The van der Waals surface area contributed by atoms with Crippen LogP contribution < -0.4 is 4.90 Å². The van der Waals surface area contributed by atoms with Crippen molar-refractivity contribution in [2.45, 2.75) is 57.5 Å². The lowest BCUT2D eigenvalue weighted by Gasteiger charge is -2.16. The van der Waals surface area contributed by atoms with Crippen molar-refractivity contribution in [2.24, 2.45) is 5.41 Å². The van der Waals surface area contributed by atoms with Crippen molar-refractivity contribution < 1.29 is 5.11 Å². The van der Waals surface area contributed by atoms with Crippen molar-refractivity contribution in [3.63, 3.8) is 0 Å². The third-order valence-electron chi connectivity index (χ3n) is 6.79. The van der Waals surface area contributed by atoms with E-state index in [4.69, 9.17) is 5.11 Å². The number of fused-ring (bicyclic) bond motifs is 1. The number of rotatable bonds is 3. The van der Waals surface area contributed by atoms with Crippen LogP contribution in [0, 0.1) is 16.7 Å². The summed E-state index contributed by atoms with van der Waals surface area (Å²) < 4.78 is 1.93. The lowest BCUT2D eigenvalue weighted by atomic mass is 9.93. The van der Waals surface area contributed by atoms with Crippen LogP contribution in [0.4, 0.5) is 5.82 Å². The molecule has 2 aromatic heterocycles. The number of aliphatic hydroxyl groups excluding tert-OH is 1. The molecule has 0 radical (unpaired) electrons. The van der Waals surface area contributed by atoms with E-state index in [0.717, 1.165) is 47.5 Å². The van der Waals surface area contributed by atoms with Crippen LogP contribution in [0.15, 0.2) is 36.7 Å². The Morgan fingerprint density at radius 3 is 2.52 bits per heavy atom. The topological polar surface area (TPSA) is 90.9 Å². The van der Waals surface area contributed by atoms with Crippen LogP contribution in [0.2, 0.25) is 0 Å². The summed E-state index contributed by atoms with van der Waals surface area (Å²) in [4.78, 5) is 2.28. The summed E-state index contributed by atoms with van der Waals surface area (Å²) in [6.45, 7) is 5.52. The molecule has 1 aliphatic heterocycles. The van der Waals surface area contributed by atoms with Gasteiger partial charge in [0.05, 0.1) is 35.1 Å². The Morgan fingerprint density at radius 1 is 1.13 bits per heavy atom.